The van der Waals surface area contributed by atoms with E-state index in [4.69, 9.17) is 9.15 Å². The Morgan fingerprint density at radius 3 is 2.44 bits per heavy atom. The van der Waals surface area contributed by atoms with Crippen LogP contribution in [0.15, 0.2) is 47.1 Å². The third kappa shape index (κ3) is 4.13. The molecule has 2 aromatic heterocycles. The molecule has 1 aromatic carbocycles. The van der Waals surface area contributed by atoms with Crippen LogP contribution in [0.3, 0.4) is 0 Å². The lowest BCUT2D eigenvalue weighted by Gasteiger charge is -2.18. The zero-order chi connectivity index (χ0) is 17.6. The smallest absolute Gasteiger partial charge is 0.314 e. The van der Waals surface area contributed by atoms with Crippen LogP contribution >= 0.6 is 0 Å². The first-order chi connectivity index (χ1) is 12.2. The van der Waals surface area contributed by atoms with Crippen molar-refractivity contribution < 1.29 is 17.9 Å². The Balaban J connectivity index is 1.74. The van der Waals surface area contributed by atoms with Gasteiger partial charge in [0.15, 0.2) is 0 Å². The molecule has 0 spiro atoms. The number of methoxy groups -OCH3 is 1. The first-order valence-corrected chi connectivity index (χ1v) is 7.41. The van der Waals surface area contributed by atoms with Gasteiger partial charge < -0.3 is 14.5 Å². The number of nitrogens with zero attached hydrogens (tertiary/aromatic N) is 4. The summed E-state index contributed by atoms with van der Waals surface area (Å²) in [6.07, 6.45) is 0.0312. The average Bonchev–Trinajstić information content (AvgIpc) is 3.13. The highest BCUT2D eigenvalue weighted by Gasteiger charge is 2.18. The van der Waals surface area contributed by atoms with Gasteiger partial charge in [-0.05, 0) is 5.56 Å². The molecule has 0 aliphatic rings. The lowest BCUT2D eigenvalue weighted by atomic mass is 10.1. The van der Waals surface area contributed by atoms with Crippen LogP contribution in [0, 0.1) is 0 Å². The Bertz CT molecular complexity index is 796. The number of rotatable bonds is 7. The highest BCUT2D eigenvalue weighted by atomic mass is 19.3. The molecule has 0 aliphatic carbocycles. The fourth-order valence-electron chi connectivity index (χ4n) is 2.18. The van der Waals surface area contributed by atoms with Gasteiger partial charge in [-0.15, -0.1) is 10.2 Å². The SMILES string of the molecule is COCC(Nc1ncc(-c2nnc(C(F)F)o2)cn1)c1ccccc1. The normalized spacial score (nSPS) is 12.3. The molecule has 1 atom stereocenters. The number of nitrogens with one attached hydrogen (secondary N) is 1. The summed E-state index contributed by atoms with van der Waals surface area (Å²) in [6.45, 7) is 0.427. The second-order valence-electron chi connectivity index (χ2n) is 5.10. The summed E-state index contributed by atoms with van der Waals surface area (Å²) < 4.78 is 35.1. The number of benzene rings is 1. The zero-order valence-electron chi connectivity index (χ0n) is 13.3. The van der Waals surface area contributed by atoms with E-state index in [0.717, 1.165) is 5.56 Å². The molecule has 3 aromatic rings. The van der Waals surface area contributed by atoms with Gasteiger partial charge in [0.2, 0.25) is 5.95 Å². The van der Waals surface area contributed by atoms with Crippen molar-refractivity contribution in [3.63, 3.8) is 0 Å². The van der Waals surface area contributed by atoms with Crippen molar-refractivity contribution in [3.8, 4) is 11.5 Å². The van der Waals surface area contributed by atoms with Gasteiger partial charge in [0, 0.05) is 19.5 Å². The fraction of sp³-hybridized carbons (Fsp3) is 0.250. The van der Waals surface area contributed by atoms with Crippen molar-refractivity contribution >= 4 is 5.95 Å². The number of alkyl halides is 2. The molecule has 1 unspecified atom stereocenters. The van der Waals surface area contributed by atoms with E-state index in [1.54, 1.807) is 7.11 Å². The number of aromatic nitrogens is 4. The maximum absolute atomic E-state index is 12.5. The number of halogens is 2. The van der Waals surface area contributed by atoms with E-state index in [2.05, 4.69) is 25.5 Å². The third-order valence-corrected chi connectivity index (χ3v) is 3.36. The molecular formula is C16H15F2N5O2. The number of ether oxygens (including phenoxy) is 1. The van der Waals surface area contributed by atoms with Crippen LogP contribution in [0.5, 0.6) is 0 Å². The van der Waals surface area contributed by atoms with Crippen LogP contribution in [-0.2, 0) is 4.74 Å². The van der Waals surface area contributed by atoms with E-state index in [1.165, 1.54) is 12.4 Å². The van der Waals surface area contributed by atoms with Crippen LogP contribution in [0.25, 0.3) is 11.5 Å². The second kappa shape index (κ2) is 7.75. The molecule has 0 saturated carbocycles. The maximum Gasteiger partial charge on any atom is 0.314 e. The lowest BCUT2D eigenvalue weighted by Crippen LogP contribution is -2.17. The molecule has 0 fully saturated rings. The first kappa shape index (κ1) is 16.9. The van der Waals surface area contributed by atoms with Gasteiger partial charge in [0.1, 0.15) is 0 Å². The standard InChI is InChI=1S/C16H15F2N5O2/c1-24-9-12(10-5-3-2-4-6-10)21-16-19-7-11(8-20-16)14-22-23-15(25-14)13(17)18/h2-8,12-13H,9H2,1H3,(H,19,20,21). The Morgan fingerprint density at radius 1 is 1.12 bits per heavy atom. The third-order valence-electron chi connectivity index (χ3n) is 3.36. The van der Waals surface area contributed by atoms with Gasteiger partial charge in [0.05, 0.1) is 18.2 Å². The van der Waals surface area contributed by atoms with E-state index in [0.29, 0.717) is 18.1 Å². The van der Waals surface area contributed by atoms with Gasteiger partial charge >= 0.3 is 6.43 Å². The molecule has 0 amide bonds. The van der Waals surface area contributed by atoms with E-state index in [-0.39, 0.29) is 11.9 Å². The average molecular weight is 347 g/mol. The number of anilines is 1. The van der Waals surface area contributed by atoms with E-state index < -0.39 is 12.3 Å². The van der Waals surface area contributed by atoms with Gasteiger partial charge in [-0.1, -0.05) is 30.3 Å². The molecule has 130 valence electrons. The van der Waals surface area contributed by atoms with Crippen LogP contribution in [0.1, 0.15) is 23.9 Å². The van der Waals surface area contributed by atoms with Crippen molar-refractivity contribution in [2.75, 3.05) is 19.0 Å². The van der Waals surface area contributed by atoms with Crippen molar-refractivity contribution in [2.24, 2.45) is 0 Å². The Morgan fingerprint density at radius 2 is 1.84 bits per heavy atom. The van der Waals surface area contributed by atoms with Gasteiger partial charge in [-0.3, -0.25) is 0 Å². The van der Waals surface area contributed by atoms with Crippen LogP contribution < -0.4 is 5.32 Å². The molecular weight excluding hydrogens is 332 g/mol. The van der Waals surface area contributed by atoms with Gasteiger partial charge in [-0.2, -0.15) is 8.78 Å². The van der Waals surface area contributed by atoms with Crippen molar-refractivity contribution in [1.29, 1.82) is 0 Å². The van der Waals surface area contributed by atoms with Crippen LogP contribution in [-0.4, -0.2) is 33.9 Å². The molecule has 1 N–H and O–H groups in total. The summed E-state index contributed by atoms with van der Waals surface area (Å²) in [5.41, 5.74) is 1.38. The van der Waals surface area contributed by atoms with Gasteiger partial charge in [0.25, 0.3) is 11.8 Å². The minimum absolute atomic E-state index is 0.0571. The maximum atomic E-state index is 12.5. The molecule has 0 aliphatic heterocycles. The number of hydrogen-bond acceptors (Lipinski definition) is 7. The Kier molecular flexibility index (Phi) is 5.24. The molecule has 3 rings (SSSR count). The van der Waals surface area contributed by atoms with Crippen molar-refractivity contribution in [1.82, 2.24) is 20.2 Å². The zero-order valence-corrected chi connectivity index (χ0v) is 13.3. The van der Waals surface area contributed by atoms with Gasteiger partial charge in [-0.25, -0.2) is 9.97 Å². The van der Waals surface area contributed by atoms with Crippen LogP contribution in [0.2, 0.25) is 0 Å². The number of hydrogen-bond donors (Lipinski definition) is 1. The molecule has 0 radical (unpaired) electrons. The Labute approximate surface area is 142 Å². The lowest BCUT2D eigenvalue weighted by molar-refractivity contribution is 0.116. The van der Waals surface area contributed by atoms with E-state index >= 15 is 0 Å². The largest absolute Gasteiger partial charge is 0.415 e. The molecule has 0 saturated heterocycles. The highest BCUT2D eigenvalue weighted by Crippen LogP contribution is 2.23. The topological polar surface area (TPSA) is 86.0 Å². The predicted molar refractivity (Wildman–Crippen MR) is 85.0 cm³/mol. The summed E-state index contributed by atoms with van der Waals surface area (Å²) in [4.78, 5) is 8.33. The quantitative estimate of drug-likeness (QED) is 0.702. The Hall–Kier alpha value is -2.94. The molecule has 25 heavy (non-hydrogen) atoms. The van der Waals surface area contributed by atoms with Crippen molar-refractivity contribution in [3.05, 3.63) is 54.2 Å². The van der Waals surface area contributed by atoms with Crippen molar-refractivity contribution in [2.45, 2.75) is 12.5 Å². The summed E-state index contributed by atoms with van der Waals surface area (Å²) in [5, 5.41) is 10.00. The molecule has 9 heteroatoms. The fourth-order valence-corrected chi connectivity index (χ4v) is 2.18. The summed E-state index contributed by atoms with van der Waals surface area (Å²) in [6, 6.07) is 9.59. The summed E-state index contributed by atoms with van der Waals surface area (Å²) >= 11 is 0. The predicted octanol–water partition coefficient (Wildman–Crippen LogP) is 3.26. The molecule has 2 heterocycles. The minimum atomic E-state index is -2.82. The summed E-state index contributed by atoms with van der Waals surface area (Å²) in [5.74, 6) is -0.428. The molecule has 0 bridgehead atoms. The minimum Gasteiger partial charge on any atom is -0.415 e. The van der Waals surface area contributed by atoms with Crippen LogP contribution in [0.4, 0.5) is 14.7 Å². The highest BCUT2D eigenvalue weighted by molar-refractivity contribution is 5.50. The summed E-state index contributed by atoms with van der Waals surface area (Å²) in [7, 11) is 1.61. The van der Waals surface area contributed by atoms with E-state index in [1.807, 2.05) is 30.3 Å². The second-order valence-corrected chi connectivity index (χ2v) is 5.10. The molecule has 7 nitrogen and oxygen atoms in total. The van der Waals surface area contributed by atoms with E-state index in [9.17, 15) is 8.78 Å². The first-order valence-electron chi connectivity index (χ1n) is 7.41. The monoisotopic (exact) mass is 347 g/mol.